The summed E-state index contributed by atoms with van der Waals surface area (Å²) in [6, 6.07) is 15.4. The molecular formula is C25H35N5O. The molecule has 0 aliphatic carbocycles. The van der Waals surface area contributed by atoms with Gasteiger partial charge in [0.15, 0.2) is 0 Å². The van der Waals surface area contributed by atoms with Crippen LogP contribution >= 0.6 is 0 Å². The minimum absolute atomic E-state index is 0.0109. The lowest BCUT2D eigenvalue weighted by Crippen LogP contribution is -2.52. The van der Waals surface area contributed by atoms with Crippen LogP contribution in [0.5, 0.6) is 0 Å². The molecule has 31 heavy (non-hydrogen) atoms. The second-order valence-corrected chi connectivity index (χ2v) is 8.88. The SMILES string of the molecule is O=C(NC1CCN(CCc2ccncc2)CC1)NC1CCN(Cc2ccccc2)CC1. The molecule has 1 aromatic heterocycles. The van der Waals surface area contributed by atoms with Crippen molar-refractivity contribution in [3.63, 3.8) is 0 Å². The molecule has 166 valence electrons. The molecule has 6 nitrogen and oxygen atoms in total. The first kappa shape index (κ1) is 21.8. The number of pyridine rings is 1. The van der Waals surface area contributed by atoms with Crippen molar-refractivity contribution in [2.45, 2.75) is 50.7 Å². The Morgan fingerprint density at radius 1 is 0.806 bits per heavy atom. The van der Waals surface area contributed by atoms with Crippen LogP contribution < -0.4 is 10.6 Å². The molecule has 2 aliphatic rings. The van der Waals surface area contributed by atoms with Gasteiger partial charge in [-0.05, 0) is 55.4 Å². The summed E-state index contributed by atoms with van der Waals surface area (Å²) in [5, 5.41) is 6.43. The monoisotopic (exact) mass is 421 g/mol. The number of piperidine rings is 2. The molecule has 0 spiro atoms. The van der Waals surface area contributed by atoms with Gasteiger partial charge >= 0.3 is 6.03 Å². The summed E-state index contributed by atoms with van der Waals surface area (Å²) in [4.78, 5) is 21.5. The molecule has 1 aromatic carbocycles. The highest BCUT2D eigenvalue weighted by Gasteiger charge is 2.24. The quantitative estimate of drug-likeness (QED) is 0.721. The number of hydrogen-bond donors (Lipinski definition) is 2. The number of rotatable bonds is 7. The zero-order valence-electron chi connectivity index (χ0n) is 18.4. The highest BCUT2D eigenvalue weighted by molar-refractivity contribution is 5.74. The van der Waals surface area contributed by atoms with E-state index in [2.05, 4.69) is 67.9 Å². The summed E-state index contributed by atoms with van der Waals surface area (Å²) in [6.07, 6.45) is 8.87. The Morgan fingerprint density at radius 2 is 1.39 bits per heavy atom. The van der Waals surface area contributed by atoms with E-state index in [9.17, 15) is 4.79 Å². The molecule has 2 N–H and O–H groups in total. The summed E-state index contributed by atoms with van der Waals surface area (Å²) in [6.45, 7) is 6.25. The summed E-state index contributed by atoms with van der Waals surface area (Å²) >= 11 is 0. The van der Waals surface area contributed by atoms with Crippen molar-refractivity contribution >= 4 is 6.03 Å². The molecule has 2 saturated heterocycles. The fraction of sp³-hybridized carbons (Fsp3) is 0.520. The lowest BCUT2D eigenvalue weighted by Gasteiger charge is -2.34. The third kappa shape index (κ3) is 7.04. The first-order valence-electron chi connectivity index (χ1n) is 11.7. The Morgan fingerprint density at radius 3 is 2.00 bits per heavy atom. The van der Waals surface area contributed by atoms with Crippen molar-refractivity contribution in [3.8, 4) is 0 Å². The third-order valence-corrected chi connectivity index (χ3v) is 6.56. The Kier molecular flexibility index (Phi) is 7.91. The molecule has 0 atom stereocenters. The topological polar surface area (TPSA) is 60.5 Å². The lowest BCUT2D eigenvalue weighted by atomic mass is 10.0. The Bertz CT molecular complexity index is 784. The van der Waals surface area contributed by atoms with Crippen LogP contribution in [0.25, 0.3) is 0 Å². The van der Waals surface area contributed by atoms with E-state index in [1.54, 1.807) is 0 Å². The molecule has 3 heterocycles. The van der Waals surface area contributed by atoms with E-state index in [-0.39, 0.29) is 18.1 Å². The number of aromatic nitrogens is 1. The second-order valence-electron chi connectivity index (χ2n) is 8.88. The van der Waals surface area contributed by atoms with Crippen LogP contribution in [0.2, 0.25) is 0 Å². The second kappa shape index (κ2) is 11.3. The fourth-order valence-electron chi connectivity index (χ4n) is 4.63. The van der Waals surface area contributed by atoms with E-state index >= 15 is 0 Å². The van der Waals surface area contributed by atoms with Crippen molar-refractivity contribution < 1.29 is 4.79 Å². The van der Waals surface area contributed by atoms with Gasteiger partial charge in [0.05, 0.1) is 0 Å². The molecule has 0 unspecified atom stereocenters. The van der Waals surface area contributed by atoms with E-state index < -0.39 is 0 Å². The molecular weight excluding hydrogens is 386 g/mol. The minimum Gasteiger partial charge on any atom is -0.335 e. The van der Waals surface area contributed by atoms with E-state index in [0.29, 0.717) is 0 Å². The smallest absolute Gasteiger partial charge is 0.315 e. The largest absolute Gasteiger partial charge is 0.335 e. The maximum Gasteiger partial charge on any atom is 0.315 e. The first-order chi connectivity index (χ1) is 15.2. The summed E-state index contributed by atoms with van der Waals surface area (Å²) in [7, 11) is 0. The number of urea groups is 1. The number of nitrogens with zero attached hydrogens (tertiary/aromatic N) is 3. The highest BCUT2D eigenvalue weighted by atomic mass is 16.2. The van der Waals surface area contributed by atoms with Gasteiger partial charge < -0.3 is 15.5 Å². The maximum atomic E-state index is 12.5. The molecule has 0 bridgehead atoms. The Hall–Kier alpha value is -2.44. The van der Waals surface area contributed by atoms with E-state index in [1.165, 1.54) is 11.1 Å². The van der Waals surface area contributed by atoms with Crippen molar-refractivity contribution in [1.82, 2.24) is 25.4 Å². The highest BCUT2D eigenvalue weighted by Crippen LogP contribution is 2.15. The molecule has 2 aromatic rings. The molecule has 0 saturated carbocycles. The standard InChI is InChI=1S/C25H35N5O/c31-25(28-24-11-18-30(19-12-24)20-22-4-2-1-3-5-22)27-23-9-16-29(17-10-23)15-8-21-6-13-26-14-7-21/h1-7,13-14,23-24H,8-12,15-20H2,(H2,27,28,31). The van der Waals surface area contributed by atoms with E-state index in [4.69, 9.17) is 0 Å². The van der Waals surface area contributed by atoms with Gasteiger partial charge in [-0.25, -0.2) is 4.79 Å². The number of nitrogens with one attached hydrogen (secondary N) is 2. The molecule has 2 fully saturated rings. The molecule has 6 heteroatoms. The molecule has 4 rings (SSSR count). The summed E-state index contributed by atoms with van der Waals surface area (Å²) in [5.41, 5.74) is 2.70. The minimum atomic E-state index is 0.0109. The zero-order chi connectivity index (χ0) is 21.3. The predicted octanol–water partition coefficient (Wildman–Crippen LogP) is 3.05. The van der Waals surface area contributed by atoms with Crippen LogP contribution in [0.15, 0.2) is 54.9 Å². The van der Waals surface area contributed by atoms with E-state index in [1.807, 2.05) is 12.4 Å². The van der Waals surface area contributed by atoms with Gasteiger partial charge in [-0.15, -0.1) is 0 Å². The number of likely N-dealkylation sites (tertiary alicyclic amines) is 2. The van der Waals surface area contributed by atoms with Crippen molar-refractivity contribution in [2.24, 2.45) is 0 Å². The predicted molar refractivity (Wildman–Crippen MR) is 124 cm³/mol. The number of benzene rings is 1. The van der Waals surface area contributed by atoms with Crippen LogP contribution in [-0.4, -0.2) is 65.6 Å². The number of hydrogen-bond acceptors (Lipinski definition) is 4. The van der Waals surface area contributed by atoms with Gasteiger partial charge in [-0.3, -0.25) is 9.88 Å². The van der Waals surface area contributed by atoms with Crippen LogP contribution in [0.4, 0.5) is 4.79 Å². The lowest BCUT2D eigenvalue weighted by molar-refractivity contribution is 0.177. The normalized spacial score (nSPS) is 19.2. The van der Waals surface area contributed by atoms with Gasteiger partial charge in [0.25, 0.3) is 0 Å². The molecule has 0 radical (unpaired) electrons. The van der Waals surface area contributed by atoms with Crippen molar-refractivity contribution in [1.29, 1.82) is 0 Å². The molecule has 2 amide bonds. The first-order valence-corrected chi connectivity index (χ1v) is 11.7. The fourth-order valence-corrected chi connectivity index (χ4v) is 4.63. The summed E-state index contributed by atoms with van der Waals surface area (Å²) in [5.74, 6) is 0. The van der Waals surface area contributed by atoms with E-state index in [0.717, 1.165) is 71.4 Å². The number of carbonyl (C=O) groups is 1. The van der Waals surface area contributed by atoms with Crippen LogP contribution in [0.3, 0.4) is 0 Å². The molecule has 2 aliphatic heterocycles. The van der Waals surface area contributed by atoms with Gasteiger partial charge in [-0.1, -0.05) is 30.3 Å². The van der Waals surface area contributed by atoms with Gasteiger partial charge in [-0.2, -0.15) is 0 Å². The van der Waals surface area contributed by atoms with Gasteiger partial charge in [0.1, 0.15) is 0 Å². The zero-order valence-corrected chi connectivity index (χ0v) is 18.4. The van der Waals surface area contributed by atoms with Crippen molar-refractivity contribution in [2.75, 3.05) is 32.7 Å². The Labute approximate surface area is 186 Å². The van der Waals surface area contributed by atoms with Gasteiger partial charge in [0, 0.05) is 63.7 Å². The Balaban J connectivity index is 1.10. The number of carbonyl (C=O) groups excluding carboxylic acids is 1. The van der Waals surface area contributed by atoms with Gasteiger partial charge in [0.2, 0.25) is 0 Å². The van der Waals surface area contributed by atoms with Crippen LogP contribution in [-0.2, 0) is 13.0 Å². The van der Waals surface area contributed by atoms with Crippen LogP contribution in [0, 0.1) is 0 Å². The average Bonchev–Trinajstić information content (AvgIpc) is 2.81. The van der Waals surface area contributed by atoms with Crippen molar-refractivity contribution in [3.05, 3.63) is 66.0 Å². The summed E-state index contributed by atoms with van der Waals surface area (Å²) < 4.78 is 0. The maximum absolute atomic E-state index is 12.5. The number of amides is 2. The average molecular weight is 422 g/mol. The van der Waals surface area contributed by atoms with Crippen LogP contribution in [0.1, 0.15) is 36.8 Å². The third-order valence-electron chi connectivity index (χ3n) is 6.56.